The summed E-state index contributed by atoms with van der Waals surface area (Å²) in [6.07, 6.45) is 1.85. The van der Waals surface area contributed by atoms with Crippen molar-refractivity contribution in [3.05, 3.63) is 29.8 Å². The minimum atomic E-state index is -0.820. The Morgan fingerprint density at radius 2 is 2.15 bits per heavy atom. The lowest BCUT2D eigenvalue weighted by Crippen LogP contribution is -2.49. The molecule has 5 heteroatoms. The number of carbonyl (C=O) groups is 1. The fraction of sp³-hybridized carbons (Fsp3) is 0.533. The summed E-state index contributed by atoms with van der Waals surface area (Å²) in [5, 5.41) is 16.4. The molecule has 0 spiro atoms. The van der Waals surface area contributed by atoms with Crippen LogP contribution in [-0.4, -0.2) is 42.4 Å². The standard InChI is InChI=1S/C15H20N2O3/c18-14(16-10-15(19)5-7-20-8-6-15)13-9-11-3-1-2-4-12(11)17-13/h1-4,13,17,19H,5-10H2,(H,16,18). The Morgan fingerprint density at radius 1 is 1.40 bits per heavy atom. The second-order valence-corrected chi connectivity index (χ2v) is 5.61. The van der Waals surface area contributed by atoms with E-state index in [0.717, 1.165) is 11.3 Å². The van der Waals surface area contributed by atoms with Crippen molar-refractivity contribution >= 4 is 11.6 Å². The summed E-state index contributed by atoms with van der Waals surface area (Å²) in [6, 6.07) is 7.70. The molecule has 2 heterocycles. The van der Waals surface area contributed by atoms with Gasteiger partial charge in [0, 0.05) is 44.7 Å². The van der Waals surface area contributed by atoms with Crippen LogP contribution >= 0.6 is 0 Å². The van der Waals surface area contributed by atoms with Gasteiger partial charge in [-0.05, 0) is 11.6 Å². The van der Waals surface area contributed by atoms with Crippen molar-refractivity contribution < 1.29 is 14.6 Å². The van der Waals surface area contributed by atoms with Crippen LogP contribution in [0.5, 0.6) is 0 Å². The van der Waals surface area contributed by atoms with Crippen LogP contribution in [0.2, 0.25) is 0 Å². The number of amides is 1. The van der Waals surface area contributed by atoms with Crippen LogP contribution in [0.1, 0.15) is 18.4 Å². The lowest BCUT2D eigenvalue weighted by Gasteiger charge is -2.32. The van der Waals surface area contributed by atoms with Crippen LogP contribution in [0, 0.1) is 0 Å². The third-order valence-electron chi connectivity index (χ3n) is 4.10. The van der Waals surface area contributed by atoms with E-state index in [1.54, 1.807) is 0 Å². The van der Waals surface area contributed by atoms with Crippen molar-refractivity contribution in [3.63, 3.8) is 0 Å². The monoisotopic (exact) mass is 276 g/mol. The van der Waals surface area contributed by atoms with Gasteiger partial charge in [0.05, 0.1) is 5.60 Å². The second kappa shape index (κ2) is 5.42. The highest BCUT2D eigenvalue weighted by atomic mass is 16.5. The highest BCUT2D eigenvalue weighted by Gasteiger charge is 2.32. The zero-order chi connectivity index (χ0) is 14.0. The lowest BCUT2D eigenvalue weighted by molar-refractivity contribution is -0.124. The highest BCUT2D eigenvalue weighted by Crippen LogP contribution is 2.25. The summed E-state index contributed by atoms with van der Waals surface area (Å²) in [6.45, 7) is 1.41. The Morgan fingerprint density at radius 3 is 2.90 bits per heavy atom. The van der Waals surface area contributed by atoms with E-state index in [-0.39, 0.29) is 11.9 Å². The van der Waals surface area contributed by atoms with Crippen LogP contribution < -0.4 is 10.6 Å². The van der Waals surface area contributed by atoms with Gasteiger partial charge in [-0.1, -0.05) is 18.2 Å². The molecule has 3 rings (SSSR count). The van der Waals surface area contributed by atoms with Gasteiger partial charge < -0.3 is 20.5 Å². The van der Waals surface area contributed by atoms with Gasteiger partial charge in [0.25, 0.3) is 0 Å². The maximum absolute atomic E-state index is 12.2. The maximum atomic E-state index is 12.2. The zero-order valence-electron chi connectivity index (χ0n) is 11.4. The normalized spacial score (nSPS) is 23.8. The predicted molar refractivity (Wildman–Crippen MR) is 75.6 cm³/mol. The Labute approximate surface area is 118 Å². The number of anilines is 1. The second-order valence-electron chi connectivity index (χ2n) is 5.61. The number of hydrogen-bond donors (Lipinski definition) is 3. The Balaban J connectivity index is 1.53. The average molecular weight is 276 g/mol. The van der Waals surface area contributed by atoms with E-state index >= 15 is 0 Å². The summed E-state index contributed by atoms with van der Waals surface area (Å²) >= 11 is 0. The third kappa shape index (κ3) is 2.78. The van der Waals surface area contributed by atoms with Gasteiger partial charge in [-0.15, -0.1) is 0 Å². The molecular weight excluding hydrogens is 256 g/mol. The molecule has 1 aromatic rings. The molecule has 3 N–H and O–H groups in total. The molecule has 1 amide bonds. The molecule has 1 fully saturated rings. The van der Waals surface area contributed by atoms with Crippen LogP contribution in [0.25, 0.3) is 0 Å². The number of hydrogen-bond acceptors (Lipinski definition) is 4. The summed E-state index contributed by atoms with van der Waals surface area (Å²) in [4.78, 5) is 12.2. The number of carbonyl (C=O) groups excluding carboxylic acids is 1. The first kappa shape index (κ1) is 13.4. The molecule has 20 heavy (non-hydrogen) atoms. The highest BCUT2D eigenvalue weighted by molar-refractivity contribution is 5.87. The minimum absolute atomic E-state index is 0.0545. The SMILES string of the molecule is O=C(NCC1(O)CCOCC1)C1Cc2ccccc2N1. The first-order valence-electron chi connectivity index (χ1n) is 7.09. The van der Waals surface area contributed by atoms with E-state index in [1.165, 1.54) is 0 Å². The van der Waals surface area contributed by atoms with Crippen LogP contribution in [0.3, 0.4) is 0 Å². The van der Waals surface area contributed by atoms with Crippen LogP contribution in [0.4, 0.5) is 5.69 Å². The molecule has 0 aliphatic carbocycles. The van der Waals surface area contributed by atoms with E-state index in [0.29, 0.717) is 39.0 Å². The zero-order valence-corrected chi connectivity index (χ0v) is 11.4. The number of aliphatic hydroxyl groups is 1. The minimum Gasteiger partial charge on any atom is -0.388 e. The third-order valence-corrected chi connectivity index (χ3v) is 4.10. The smallest absolute Gasteiger partial charge is 0.242 e. The van der Waals surface area contributed by atoms with E-state index in [1.807, 2.05) is 24.3 Å². The van der Waals surface area contributed by atoms with E-state index in [4.69, 9.17) is 4.74 Å². The van der Waals surface area contributed by atoms with Gasteiger partial charge in [-0.25, -0.2) is 0 Å². The maximum Gasteiger partial charge on any atom is 0.242 e. The van der Waals surface area contributed by atoms with Gasteiger partial charge in [-0.3, -0.25) is 4.79 Å². The first-order valence-corrected chi connectivity index (χ1v) is 7.09. The first-order chi connectivity index (χ1) is 9.66. The summed E-state index contributed by atoms with van der Waals surface area (Å²) in [5.41, 5.74) is 1.37. The summed E-state index contributed by atoms with van der Waals surface area (Å²) in [7, 11) is 0. The molecule has 5 nitrogen and oxygen atoms in total. The molecule has 0 bridgehead atoms. The molecule has 1 unspecified atom stereocenters. The molecular formula is C15H20N2O3. The van der Waals surface area contributed by atoms with Crippen molar-refractivity contribution in [2.75, 3.05) is 25.1 Å². The molecule has 1 aromatic carbocycles. The molecule has 1 atom stereocenters. The average Bonchev–Trinajstić information content (AvgIpc) is 2.89. The molecule has 0 saturated carbocycles. The lowest BCUT2D eigenvalue weighted by atomic mass is 9.94. The molecule has 0 radical (unpaired) electrons. The molecule has 1 saturated heterocycles. The van der Waals surface area contributed by atoms with Gasteiger partial charge in [-0.2, -0.15) is 0 Å². The largest absolute Gasteiger partial charge is 0.388 e. The summed E-state index contributed by atoms with van der Waals surface area (Å²) < 4.78 is 5.23. The Kier molecular flexibility index (Phi) is 3.63. The molecule has 2 aliphatic rings. The molecule has 0 aromatic heterocycles. The van der Waals surface area contributed by atoms with Crippen LogP contribution in [0.15, 0.2) is 24.3 Å². The quantitative estimate of drug-likeness (QED) is 0.759. The Bertz CT molecular complexity index is 473. The van der Waals surface area contributed by atoms with Gasteiger partial charge >= 0.3 is 0 Å². The van der Waals surface area contributed by atoms with Crippen molar-refractivity contribution in [2.24, 2.45) is 0 Å². The number of para-hydroxylation sites is 1. The predicted octanol–water partition coefficient (Wildman–Crippen LogP) is 0.681. The molecule has 2 aliphatic heterocycles. The fourth-order valence-electron chi connectivity index (χ4n) is 2.76. The van der Waals surface area contributed by atoms with E-state index in [9.17, 15) is 9.90 Å². The topological polar surface area (TPSA) is 70.6 Å². The van der Waals surface area contributed by atoms with Crippen molar-refractivity contribution in [1.29, 1.82) is 0 Å². The number of nitrogens with one attached hydrogen (secondary N) is 2. The van der Waals surface area contributed by atoms with Crippen molar-refractivity contribution in [3.8, 4) is 0 Å². The van der Waals surface area contributed by atoms with Gasteiger partial charge in [0.1, 0.15) is 6.04 Å². The van der Waals surface area contributed by atoms with Gasteiger partial charge in [0.15, 0.2) is 0 Å². The fourth-order valence-corrected chi connectivity index (χ4v) is 2.76. The van der Waals surface area contributed by atoms with E-state index in [2.05, 4.69) is 10.6 Å². The number of rotatable bonds is 3. The number of fused-ring (bicyclic) bond motifs is 1. The van der Waals surface area contributed by atoms with Crippen LogP contribution in [-0.2, 0) is 16.0 Å². The summed E-state index contributed by atoms with van der Waals surface area (Å²) in [5.74, 6) is -0.0545. The van der Waals surface area contributed by atoms with Crippen molar-refractivity contribution in [1.82, 2.24) is 5.32 Å². The van der Waals surface area contributed by atoms with Gasteiger partial charge in [0.2, 0.25) is 5.91 Å². The Hall–Kier alpha value is -1.59. The van der Waals surface area contributed by atoms with E-state index < -0.39 is 5.60 Å². The number of ether oxygens (including phenoxy) is 1. The number of benzene rings is 1. The van der Waals surface area contributed by atoms with Crippen molar-refractivity contribution in [2.45, 2.75) is 30.9 Å². The molecule has 108 valence electrons.